The first-order valence-corrected chi connectivity index (χ1v) is 4.39. The minimum atomic E-state index is -1.41. The largest absolute Gasteiger partial charge is 0.465 e. The molecule has 0 aromatic carbocycles. The van der Waals surface area contributed by atoms with E-state index in [9.17, 15) is 14.4 Å². The highest BCUT2D eigenvalue weighted by atomic mass is 35.5. The van der Waals surface area contributed by atoms with Crippen molar-refractivity contribution in [3.63, 3.8) is 0 Å². The van der Waals surface area contributed by atoms with E-state index in [-0.39, 0.29) is 6.61 Å². The van der Waals surface area contributed by atoms with Gasteiger partial charge in [-0.3, -0.25) is 9.59 Å². The van der Waals surface area contributed by atoms with Gasteiger partial charge in [-0.05, 0) is 6.92 Å². The van der Waals surface area contributed by atoms with Crippen LogP contribution in [-0.4, -0.2) is 36.3 Å². The van der Waals surface area contributed by atoms with Crippen LogP contribution in [-0.2, 0) is 23.9 Å². The maximum atomic E-state index is 11.1. The third-order valence-corrected chi connectivity index (χ3v) is 1.62. The molecule has 0 saturated carbocycles. The lowest BCUT2D eigenvalue weighted by atomic mass is 10.3. The summed E-state index contributed by atoms with van der Waals surface area (Å²) in [5, 5.41) is -1.41. The lowest BCUT2D eigenvalue weighted by molar-refractivity contribution is -0.150. The summed E-state index contributed by atoms with van der Waals surface area (Å²) < 4.78 is 8.87. The fourth-order valence-corrected chi connectivity index (χ4v) is 0.719. The molecule has 0 aromatic rings. The summed E-state index contributed by atoms with van der Waals surface area (Å²) in [4.78, 5) is 32.3. The quantitative estimate of drug-likeness (QED) is 0.380. The van der Waals surface area contributed by atoms with Gasteiger partial charge in [-0.2, -0.15) is 0 Å². The number of rotatable bonds is 5. The first-order valence-electron chi connectivity index (χ1n) is 3.95. The molecule has 0 amide bonds. The first kappa shape index (κ1) is 12.9. The van der Waals surface area contributed by atoms with Crippen LogP contribution in [0.4, 0.5) is 0 Å². The molecule has 0 saturated heterocycles. The predicted octanol–water partition coefficient (Wildman–Crippen LogP) is 0.289. The molecule has 0 spiro atoms. The fourth-order valence-electron chi connectivity index (χ4n) is 0.593. The van der Waals surface area contributed by atoms with E-state index in [1.54, 1.807) is 6.92 Å². The van der Waals surface area contributed by atoms with Crippen molar-refractivity contribution in [2.75, 3.05) is 13.2 Å². The summed E-state index contributed by atoms with van der Waals surface area (Å²) in [6.45, 7) is 2.38. The SMILES string of the molecule is CCOC(=O)C(Cl)C(=O)COC(C)=O. The van der Waals surface area contributed by atoms with Crippen molar-refractivity contribution >= 4 is 29.3 Å². The molecule has 80 valence electrons. The first-order chi connectivity index (χ1) is 6.49. The van der Waals surface area contributed by atoms with Crippen LogP contribution in [0.3, 0.4) is 0 Å². The van der Waals surface area contributed by atoms with E-state index in [1.807, 2.05) is 0 Å². The van der Waals surface area contributed by atoms with Crippen molar-refractivity contribution in [1.29, 1.82) is 0 Å². The second-order valence-electron chi connectivity index (χ2n) is 2.36. The molecule has 0 heterocycles. The van der Waals surface area contributed by atoms with Crippen molar-refractivity contribution < 1.29 is 23.9 Å². The van der Waals surface area contributed by atoms with E-state index in [4.69, 9.17) is 11.6 Å². The monoisotopic (exact) mass is 222 g/mol. The smallest absolute Gasteiger partial charge is 0.331 e. The zero-order valence-corrected chi connectivity index (χ0v) is 8.67. The topological polar surface area (TPSA) is 69.7 Å². The average molecular weight is 223 g/mol. The molecule has 0 radical (unpaired) electrons. The maximum Gasteiger partial charge on any atom is 0.331 e. The Bertz CT molecular complexity index is 238. The fraction of sp³-hybridized carbons (Fsp3) is 0.625. The van der Waals surface area contributed by atoms with Gasteiger partial charge in [0.1, 0.15) is 0 Å². The van der Waals surface area contributed by atoms with Crippen LogP contribution >= 0.6 is 11.6 Å². The number of carbonyl (C=O) groups excluding carboxylic acids is 3. The van der Waals surface area contributed by atoms with Crippen LogP contribution in [0.25, 0.3) is 0 Å². The van der Waals surface area contributed by atoms with Crippen LogP contribution < -0.4 is 0 Å². The lowest BCUT2D eigenvalue weighted by Gasteiger charge is -2.07. The minimum Gasteiger partial charge on any atom is -0.465 e. The zero-order valence-electron chi connectivity index (χ0n) is 7.91. The van der Waals surface area contributed by atoms with Gasteiger partial charge < -0.3 is 9.47 Å². The number of hydrogen-bond donors (Lipinski definition) is 0. The van der Waals surface area contributed by atoms with Gasteiger partial charge in [0, 0.05) is 6.92 Å². The molecule has 0 rings (SSSR count). The second-order valence-corrected chi connectivity index (χ2v) is 2.80. The Morgan fingerprint density at radius 1 is 1.29 bits per heavy atom. The zero-order chi connectivity index (χ0) is 11.1. The molecule has 0 aromatic heterocycles. The highest BCUT2D eigenvalue weighted by Crippen LogP contribution is 2.01. The minimum absolute atomic E-state index is 0.142. The summed E-state index contributed by atoms with van der Waals surface area (Å²) in [7, 11) is 0. The van der Waals surface area contributed by atoms with Crippen molar-refractivity contribution in [2.45, 2.75) is 19.2 Å². The van der Waals surface area contributed by atoms with Gasteiger partial charge in [-0.15, -0.1) is 11.6 Å². The molecule has 0 N–H and O–H groups in total. The Kier molecular flexibility index (Phi) is 5.87. The van der Waals surface area contributed by atoms with E-state index < -0.39 is 29.7 Å². The number of alkyl halides is 1. The van der Waals surface area contributed by atoms with E-state index in [0.717, 1.165) is 6.92 Å². The third kappa shape index (κ3) is 4.81. The van der Waals surface area contributed by atoms with Crippen LogP contribution in [0.5, 0.6) is 0 Å². The molecule has 14 heavy (non-hydrogen) atoms. The molecule has 0 aliphatic carbocycles. The van der Waals surface area contributed by atoms with Gasteiger partial charge in [-0.25, -0.2) is 4.79 Å². The molecule has 0 aliphatic rings. The molecule has 6 heteroatoms. The normalized spacial score (nSPS) is 11.6. The Labute approximate surface area is 86.3 Å². The van der Waals surface area contributed by atoms with Gasteiger partial charge in [0.2, 0.25) is 0 Å². The second kappa shape index (κ2) is 6.37. The summed E-state index contributed by atoms with van der Waals surface area (Å²) >= 11 is 5.43. The molecule has 1 unspecified atom stereocenters. The number of ether oxygens (including phenoxy) is 2. The summed E-state index contributed by atoms with van der Waals surface area (Å²) in [6, 6.07) is 0. The van der Waals surface area contributed by atoms with Crippen LogP contribution in [0.1, 0.15) is 13.8 Å². The Hall–Kier alpha value is -1.10. The highest BCUT2D eigenvalue weighted by molar-refractivity contribution is 6.41. The third-order valence-electron chi connectivity index (χ3n) is 1.19. The standard InChI is InChI=1S/C8H11ClO5/c1-3-13-8(12)7(9)6(11)4-14-5(2)10/h7H,3-4H2,1-2H3. The van der Waals surface area contributed by atoms with Crippen LogP contribution in [0, 0.1) is 0 Å². The van der Waals surface area contributed by atoms with Crippen molar-refractivity contribution in [3.05, 3.63) is 0 Å². The van der Waals surface area contributed by atoms with Gasteiger partial charge >= 0.3 is 11.9 Å². The van der Waals surface area contributed by atoms with Crippen LogP contribution in [0.2, 0.25) is 0 Å². The number of ketones is 1. The highest BCUT2D eigenvalue weighted by Gasteiger charge is 2.25. The molecular weight excluding hydrogens is 212 g/mol. The maximum absolute atomic E-state index is 11.1. The van der Waals surface area contributed by atoms with Gasteiger partial charge in [-0.1, -0.05) is 0 Å². The molecule has 0 bridgehead atoms. The summed E-state index contributed by atoms with van der Waals surface area (Å²) in [5.74, 6) is -2.13. The molecule has 5 nitrogen and oxygen atoms in total. The van der Waals surface area contributed by atoms with Gasteiger partial charge in [0.15, 0.2) is 17.8 Å². The summed E-state index contributed by atoms with van der Waals surface area (Å²) in [6.07, 6.45) is 0. The number of esters is 2. The average Bonchev–Trinajstić information content (AvgIpc) is 2.13. The predicted molar refractivity (Wildman–Crippen MR) is 47.9 cm³/mol. The van der Waals surface area contributed by atoms with Gasteiger partial charge in [0.05, 0.1) is 6.61 Å². The van der Waals surface area contributed by atoms with E-state index in [2.05, 4.69) is 9.47 Å². The number of halogens is 1. The molecule has 0 fully saturated rings. The number of carbonyl (C=O) groups is 3. The lowest BCUT2D eigenvalue weighted by Crippen LogP contribution is -2.30. The van der Waals surface area contributed by atoms with Crippen molar-refractivity contribution in [2.24, 2.45) is 0 Å². The number of Topliss-reactive ketones (excluding diaryl/α,β-unsaturated/α-hetero) is 1. The number of hydrogen-bond acceptors (Lipinski definition) is 5. The van der Waals surface area contributed by atoms with Crippen molar-refractivity contribution in [1.82, 2.24) is 0 Å². The molecular formula is C8H11ClO5. The Morgan fingerprint density at radius 2 is 1.86 bits per heavy atom. The molecule has 0 aliphatic heterocycles. The Balaban J connectivity index is 3.98. The summed E-state index contributed by atoms with van der Waals surface area (Å²) in [5.41, 5.74) is 0. The van der Waals surface area contributed by atoms with Crippen LogP contribution in [0.15, 0.2) is 0 Å². The van der Waals surface area contributed by atoms with Gasteiger partial charge in [0.25, 0.3) is 0 Å². The molecule has 1 atom stereocenters. The Morgan fingerprint density at radius 3 is 2.29 bits per heavy atom. The van der Waals surface area contributed by atoms with E-state index in [1.165, 1.54) is 0 Å². The van der Waals surface area contributed by atoms with E-state index >= 15 is 0 Å². The van der Waals surface area contributed by atoms with Crippen molar-refractivity contribution in [3.8, 4) is 0 Å². The van der Waals surface area contributed by atoms with E-state index in [0.29, 0.717) is 0 Å².